The minimum Gasteiger partial charge on any atom is -0.392 e. The van der Waals surface area contributed by atoms with Gasteiger partial charge in [0.1, 0.15) is 9.84 Å². The number of aliphatic hydroxyl groups excluding tert-OH is 1. The van der Waals surface area contributed by atoms with E-state index >= 15 is 0 Å². The zero-order valence-corrected chi connectivity index (χ0v) is 12.0. The highest BCUT2D eigenvalue weighted by Crippen LogP contribution is 2.23. The van der Waals surface area contributed by atoms with Crippen molar-refractivity contribution in [2.24, 2.45) is 0 Å². The van der Waals surface area contributed by atoms with Gasteiger partial charge in [0.2, 0.25) is 0 Å². The predicted octanol–water partition coefficient (Wildman–Crippen LogP) is 1.79. The van der Waals surface area contributed by atoms with Crippen molar-refractivity contribution in [1.29, 1.82) is 0 Å². The van der Waals surface area contributed by atoms with Crippen molar-refractivity contribution in [3.63, 3.8) is 0 Å². The lowest BCUT2D eigenvalue weighted by molar-refractivity contribution is 0.282. The van der Waals surface area contributed by atoms with Crippen LogP contribution >= 0.6 is 15.9 Å². The van der Waals surface area contributed by atoms with Gasteiger partial charge in [-0.15, -0.1) is 0 Å². The average molecular weight is 322 g/mol. The maximum absolute atomic E-state index is 10.9. The largest absolute Gasteiger partial charge is 0.392 e. The van der Waals surface area contributed by atoms with Crippen molar-refractivity contribution >= 4 is 31.5 Å². The Morgan fingerprint density at radius 1 is 1.41 bits per heavy atom. The van der Waals surface area contributed by atoms with Crippen molar-refractivity contribution < 1.29 is 13.5 Å². The van der Waals surface area contributed by atoms with E-state index in [1.807, 2.05) is 18.2 Å². The minimum atomic E-state index is -2.89. The van der Waals surface area contributed by atoms with Gasteiger partial charge in [-0.2, -0.15) is 0 Å². The summed E-state index contributed by atoms with van der Waals surface area (Å²) < 4.78 is 22.8. The lowest BCUT2D eigenvalue weighted by atomic mass is 10.2. The van der Waals surface area contributed by atoms with Crippen LogP contribution in [0.1, 0.15) is 12.0 Å². The number of sulfone groups is 1. The number of aliphatic hydroxyl groups is 1. The molecule has 0 aliphatic rings. The second-order valence-corrected chi connectivity index (χ2v) is 7.00. The molecule has 1 aromatic rings. The van der Waals surface area contributed by atoms with Crippen molar-refractivity contribution in [2.75, 3.05) is 23.9 Å². The third-order valence-corrected chi connectivity index (χ3v) is 3.94. The van der Waals surface area contributed by atoms with Gasteiger partial charge >= 0.3 is 0 Å². The molecule has 17 heavy (non-hydrogen) atoms. The molecule has 1 rings (SSSR count). The van der Waals surface area contributed by atoms with Gasteiger partial charge in [0.05, 0.1) is 12.4 Å². The van der Waals surface area contributed by atoms with E-state index in [0.717, 1.165) is 15.7 Å². The Hall–Kier alpha value is -0.590. The molecule has 96 valence electrons. The third kappa shape index (κ3) is 5.52. The Bertz CT molecular complexity index is 474. The van der Waals surface area contributed by atoms with Crippen LogP contribution in [0.5, 0.6) is 0 Å². The van der Waals surface area contributed by atoms with Gasteiger partial charge in [0.15, 0.2) is 0 Å². The molecule has 0 radical (unpaired) electrons. The number of anilines is 1. The summed E-state index contributed by atoms with van der Waals surface area (Å²) in [6.07, 6.45) is 1.80. The van der Waals surface area contributed by atoms with Crippen LogP contribution < -0.4 is 5.32 Å². The van der Waals surface area contributed by atoms with Crippen LogP contribution in [-0.4, -0.2) is 32.1 Å². The van der Waals surface area contributed by atoms with Crippen molar-refractivity contribution in [3.8, 4) is 0 Å². The summed E-state index contributed by atoms with van der Waals surface area (Å²) in [6.45, 7) is 0.575. The Morgan fingerprint density at radius 3 is 2.71 bits per heavy atom. The quantitative estimate of drug-likeness (QED) is 0.784. The summed E-state index contributed by atoms with van der Waals surface area (Å²) in [5, 5.41) is 12.1. The second kappa shape index (κ2) is 6.37. The summed E-state index contributed by atoms with van der Waals surface area (Å²) in [4.78, 5) is 0. The van der Waals surface area contributed by atoms with Crippen LogP contribution in [0, 0.1) is 0 Å². The molecule has 0 saturated carbocycles. The Balaban J connectivity index is 2.51. The van der Waals surface area contributed by atoms with Gasteiger partial charge in [0, 0.05) is 23.0 Å². The van der Waals surface area contributed by atoms with Gasteiger partial charge < -0.3 is 10.4 Å². The zero-order chi connectivity index (χ0) is 12.9. The Morgan fingerprint density at radius 2 is 2.12 bits per heavy atom. The SMILES string of the molecule is CS(=O)(=O)CCCNc1cc(CO)ccc1Br. The Labute approximate surface area is 110 Å². The monoisotopic (exact) mass is 321 g/mol. The number of halogens is 1. The molecule has 1 aromatic carbocycles. The highest BCUT2D eigenvalue weighted by Gasteiger charge is 2.03. The van der Waals surface area contributed by atoms with Crippen molar-refractivity contribution in [2.45, 2.75) is 13.0 Å². The van der Waals surface area contributed by atoms with Gasteiger partial charge in [0.25, 0.3) is 0 Å². The summed E-state index contributed by atoms with van der Waals surface area (Å²) in [5.41, 5.74) is 1.68. The summed E-state index contributed by atoms with van der Waals surface area (Å²) in [5.74, 6) is 0.178. The maximum atomic E-state index is 10.9. The lowest BCUT2D eigenvalue weighted by Crippen LogP contribution is -2.10. The third-order valence-electron chi connectivity index (χ3n) is 2.22. The van der Waals surface area contributed by atoms with E-state index in [9.17, 15) is 8.42 Å². The van der Waals surface area contributed by atoms with Crippen LogP contribution in [-0.2, 0) is 16.4 Å². The molecule has 4 nitrogen and oxygen atoms in total. The first-order valence-electron chi connectivity index (χ1n) is 5.23. The molecule has 0 aliphatic heterocycles. The number of hydrogen-bond donors (Lipinski definition) is 2. The standard InChI is InChI=1S/C11H16BrNO3S/c1-17(15,16)6-2-5-13-11-7-9(8-14)3-4-10(11)12/h3-4,7,13-14H,2,5-6,8H2,1H3. The molecule has 0 heterocycles. The zero-order valence-electron chi connectivity index (χ0n) is 9.61. The molecular formula is C11H16BrNO3S. The number of nitrogens with one attached hydrogen (secondary N) is 1. The molecule has 0 atom stereocenters. The number of benzene rings is 1. The van der Waals surface area contributed by atoms with Crippen molar-refractivity contribution in [3.05, 3.63) is 28.2 Å². The minimum absolute atomic E-state index is 0.00863. The first-order valence-corrected chi connectivity index (χ1v) is 8.08. The average Bonchev–Trinajstić information content (AvgIpc) is 2.25. The van der Waals surface area contributed by atoms with E-state index < -0.39 is 9.84 Å². The highest BCUT2D eigenvalue weighted by atomic mass is 79.9. The topological polar surface area (TPSA) is 66.4 Å². The molecule has 0 spiro atoms. The fraction of sp³-hybridized carbons (Fsp3) is 0.455. The lowest BCUT2D eigenvalue weighted by Gasteiger charge is -2.09. The first-order chi connectivity index (χ1) is 7.92. The molecule has 0 saturated heterocycles. The molecule has 6 heteroatoms. The summed E-state index contributed by atoms with van der Waals surface area (Å²) >= 11 is 3.39. The van der Waals surface area contributed by atoms with E-state index in [1.54, 1.807) is 0 Å². The first kappa shape index (κ1) is 14.5. The number of rotatable bonds is 6. The van der Waals surface area contributed by atoms with Gasteiger partial charge in [-0.3, -0.25) is 0 Å². The summed E-state index contributed by atoms with van der Waals surface area (Å²) in [7, 11) is -2.89. The molecule has 2 N–H and O–H groups in total. The van der Waals surface area contributed by atoms with Gasteiger partial charge in [-0.25, -0.2) is 8.42 Å². The highest BCUT2D eigenvalue weighted by molar-refractivity contribution is 9.10. The molecular weight excluding hydrogens is 306 g/mol. The van der Waals surface area contributed by atoms with Crippen LogP contribution in [0.15, 0.2) is 22.7 Å². The van der Waals surface area contributed by atoms with Crippen molar-refractivity contribution in [1.82, 2.24) is 0 Å². The second-order valence-electron chi connectivity index (χ2n) is 3.88. The van der Waals surface area contributed by atoms with E-state index in [4.69, 9.17) is 5.11 Å². The van der Waals surface area contributed by atoms with Crippen LogP contribution in [0.25, 0.3) is 0 Å². The molecule has 0 amide bonds. The fourth-order valence-electron chi connectivity index (χ4n) is 1.36. The van der Waals surface area contributed by atoms with Crippen LogP contribution in [0.3, 0.4) is 0 Å². The smallest absolute Gasteiger partial charge is 0.147 e. The van der Waals surface area contributed by atoms with E-state index in [1.165, 1.54) is 6.26 Å². The molecule has 0 fully saturated rings. The van der Waals surface area contributed by atoms with E-state index in [0.29, 0.717) is 13.0 Å². The van der Waals surface area contributed by atoms with E-state index in [2.05, 4.69) is 21.2 Å². The molecule has 0 aromatic heterocycles. The van der Waals surface area contributed by atoms with Gasteiger partial charge in [-0.05, 0) is 40.0 Å². The van der Waals surface area contributed by atoms with Crippen LogP contribution in [0.4, 0.5) is 5.69 Å². The maximum Gasteiger partial charge on any atom is 0.147 e. The molecule has 0 unspecified atom stereocenters. The predicted molar refractivity (Wildman–Crippen MR) is 72.9 cm³/mol. The van der Waals surface area contributed by atoms with Gasteiger partial charge in [-0.1, -0.05) is 6.07 Å². The molecule has 0 bridgehead atoms. The van der Waals surface area contributed by atoms with Crippen LogP contribution in [0.2, 0.25) is 0 Å². The summed E-state index contributed by atoms with van der Waals surface area (Å²) in [6, 6.07) is 5.51. The normalized spacial score (nSPS) is 11.5. The fourth-order valence-corrected chi connectivity index (χ4v) is 2.42. The molecule has 0 aliphatic carbocycles. The Kier molecular flexibility index (Phi) is 5.42. The van der Waals surface area contributed by atoms with E-state index in [-0.39, 0.29) is 12.4 Å². The number of hydrogen-bond acceptors (Lipinski definition) is 4.